The molecule has 2 amide bonds. The van der Waals surface area contributed by atoms with Gasteiger partial charge in [0.2, 0.25) is 5.88 Å². The van der Waals surface area contributed by atoms with Gasteiger partial charge < -0.3 is 25.4 Å². The number of nitrogens with one attached hydrogen (secondary N) is 3. The number of rotatable bonds is 9. The molecule has 1 aromatic heterocycles. The molecule has 4 aliphatic rings. The molecule has 4 fully saturated rings. The summed E-state index contributed by atoms with van der Waals surface area (Å²) in [6.45, 7) is 1.35. The Balaban J connectivity index is 1.24. The van der Waals surface area contributed by atoms with Crippen molar-refractivity contribution in [2.45, 2.75) is 56.0 Å². The highest BCUT2D eigenvalue weighted by Crippen LogP contribution is 2.57. The molecule has 9 heteroatoms. The zero-order valence-electron chi connectivity index (χ0n) is 20.5. The maximum absolute atomic E-state index is 13.7. The number of nitrogens with zero attached hydrogens (tertiary/aromatic N) is 1. The quantitative estimate of drug-likeness (QED) is 0.448. The van der Waals surface area contributed by atoms with Crippen molar-refractivity contribution < 1.29 is 23.5 Å². The Hall–Kier alpha value is -3.20. The number of hydrogen-bond acceptors (Lipinski definition) is 6. The van der Waals surface area contributed by atoms with Crippen molar-refractivity contribution in [3.63, 3.8) is 0 Å². The maximum atomic E-state index is 13.7. The smallest absolute Gasteiger partial charge is 0.391 e. The standard InChI is InChI=1S/C27H33FN4O4/c1-35-10-4-9-29-22-7-3-8-23(30-22)36-25(34)32-27-15-18-11-19(16-27)14-26(13-18,17-27)31-24(33)20-5-2-6-21(28)12-20/h2-3,5-8,12,18-19H,4,9-11,13-17H2,1H3,(H,29,30)(H,31,33)(H,32,34). The number of ether oxygens (including phenoxy) is 2. The lowest BCUT2D eigenvalue weighted by atomic mass is 9.50. The number of anilines is 1. The first-order valence-electron chi connectivity index (χ1n) is 12.6. The van der Waals surface area contributed by atoms with Crippen LogP contribution in [0.5, 0.6) is 5.88 Å². The van der Waals surface area contributed by atoms with Crippen LogP contribution in [0.3, 0.4) is 0 Å². The van der Waals surface area contributed by atoms with Crippen molar-refractivity contribution in [1.82, 2.24) is 15.6 Å². The lowest BCUT2D eigenvalue weighted by Gasteiger charge is -2.62. The Morgan fingerprint density at radius 3 is 2.50 bits per heavy atom. The van der Waals surface area contributed by atoms with Crippen LogP contribution in [-0.4, -0.2) is 48.3 Å². The minimum atomic E-state index is -0.535. The molecule has 3 N–H and O–H groups in total. The minimum absolute atomic E-state index is 0.225. The molecule has 0 spiro atoms. The van der Waals surface area contributed by atoms with Gasteiger partial charge in [-0.25, -0.2) is 9.18 Å². The number of carbonyl (C=O) groups excluding carboxylic acids is 2. The summed E-state index contributed by atoms with van der Waals surface area (Å²) < 4.78 is 24.3. The van der Waals surface area contributed by atoms with Crippen molar-refractivity contribution in [2.75, 3.05) is 25.6 Å². The fourth-order valence-corrected chi connectivity index (χ4v) is 6.84. The molecule has 192 valence electrons. The highest BCUT2D eigenvalue weighted by molar-refractivity contribution is 5.94. The normalized spacial score (nSPS) is 27.9. The van der Waals surface area contributed by atoms with E-state index in [-0.39, 0.29) is 11.8 Å². The number of benzene rings is 1. The summed E-state index contributed by atoms with van der Waals surface area (Å²) in [5.74, 6) is 0.979. The van der Waals surface area contributed by atoms with Crippen LogP contribution in [0.1, 0.15) is 55.3 Å². The van der Waals surface area contributed by atoms with Crippen LogP contribution in [0.25, 0.3) is 0 Å². The first-order valence-corrected chi connectivity index (χ1v) is 12.6. The Kier molecular flexibility index (Phi) is 6.83. The van der Waals surface area contributed by atoms with Gasteiger partial charge in [0.25, 0.3) is 5.91 Å². The van der Waals surface area contributed by atoms with E-state index in [4.69, 9.17) is 9.47 Å². The molecule has 36 heavy (non-hydrogen) atoms. The highest BCUT2D eigenvalue weighted by atomic mass is 19.1. The molecule has 0 saturated heterocycles. The SMILES string of the molecule is COCCCNc1cccc(OC(=O)NC23CC4CC(C2)CC(NC(=O)c2cccc(F)c2)(C4)C3)n1. The third-order valence-corrected chi connectivity index (χ3v) is 7.65. The minimum Gasteiger partial charge on any atom is -0.391 e. The Morgan fingerprint density at radius 2 is 1.78 bits per heavy atom. The molecule has 4 bridgehead atoms. The average molecular weight is 497 g/mol. The molecular formula is C27H33FN4O4. The molecule has 0 radical (unpaired) electrons. The number of pyridine rings is 1. The van der Waals surface area contributed by atoms with Crippen LogP contribution < -0.4 is 20.7 Å². The second-order valence-electron chi connectivity index (χ2n) is 10.6. The molecular weight excluding hydrogens is 463 g/mol. The summed E-state index contributed by atoms with van der Waals surface area (Å²) >= 11 is 0. The van der Waals surface area contributed by atoms with Gasteiger partial charge in [-0.15, -0.1) is 0 Å². The van der Waals surface area contributed by atoms with E-state index in [2.05, 4.69) is 20.9 Å². The summed E-state index contributed by atoms with van der Waals surface area (Å²) in [5, 5.41) is 9.57. The van der Waals surface area contributed by atoms with Crippen molar-refractivity contribution in [3.8, 4) is 5.88 Å². The second kappa shape index (κ2) is 10.0. The molecule has 1 heterocycles. The molecule has 0 aliphatic heterocycles. The van der Waals surface area contributed by atoms with E-state index in [9.17, 15) is 14.0 Å². The second-order valence-corrected chi connectivity index (χ2v) is 10.6. The van der Waals surface area contributed by atoms with Gasteiger partial charge in [-0.1, -0.05) is 12.1 Å². The third-order valence-electron chi connectivity index (χ3n) is 7.65. The number of aromatic nitrogens is 1. The molecule has 2 unspecified atom stereocenters. The summed E-state index contributed by atoms with van der Waals surface area (Å²) in [4.78, 5) is 30.3. The van der Waals surface area contributed by atoms with Gasteiger partial charge in [-0.2, -0.15) is 4.98 Å². The topological polar surface area (TPSA) is 102 Å². The molecule has 2 aromatic rings. The van der Waals surface area contributed by atoms with E-state index >= 15 is 0 Å². The first-order chi connectivity index (χ1) is 17.4. The Bertz CT molecular complexity index is 1110. The van der Waals surface area contributed by atoms with Crippen LogP contribution in [0.4, 0.5) is 15.0 Å². The predicted octanol–water partition coefficient (Wildman–Crippen LogP) is 4.28. The number of hydrogen-bond donors (Lipinski definition) is 3. The van der Waals surface area contributed by atoms with Crippen LogP contribution in [0.15, 0.2) is 42.5 Å². The van der Waals surface area contributed by atoms with E-state index in [1.54, 1.807) is 31.4 Å². The number of carbonyl (C=O) groups is 2. The predicted molar refractivity (Wildman–Crippen MR) is 132 cm³/mol. The monoisotopic (exact) mass is 496 g/mol. The van der Waals surface area contributed by atoms with Gasteiger partial charge in [0.15, 0.2) is 0 Å². The third kappa shape index (κ3) is 5.46. The van der Waals surface area contributed by atoms with E-state index in [0.29, 0.717) is 42.8 Å². The first kappa shape index (κ1) is 24.5. The van der Waals surface area contributed by atoms with Gasteiger partial charge >= 0.3 is 6.09 Å². The largest absolute Gasteiger partial charge is 0.414 e. The van der Waals surface area contributed by atoms with Gasteiger partial charge in [-0.05, 0) is 81.0 Å². The maximum Gasteiger partial charge on any atom is 0.414 e. The van der Waals surface area contributed by atoms with Crippen LogP contribution in [0, 0.1) is 17.7 Å². The van der Waals surface area contributed by atoms with E-state index in [0.717, 1.165) is 38.5 Å². The lowest BCUT2D eigenvalue weighted by Crippen LogP contribution is -2.70. The summed E-state index contributed by atoms with van der Waals surface area (Å²) in [6, 6.07) is 11.0. The number of halogens is 1. The molecule has 6 rings (SSSR count). The zero-order valence-corrected chi connectivity index (χ0v) is 20.5. The van der Waals surface area contributed by atoms with E-state index in [1.165, 1.54) is 12.1 Å². The fourth-order valence-electron chi connectivity index (χ4n) is 6.84. The fraction of sp³-hybridized carbons (Fsp3) is 0.519. The molecule has 4 aliphatic carbocycles. The average Bonchev–Trinajstić information content (AvgIpc) is 2.80. The van der Waals surface area contributed by atoms with Crippen LogP contribution in [0.2, 0.25) is 0 Å². The lowest BCUT2D eigenvalue weighted by molar-refractivity contribution is -0.0449. The van der Waals surface area contributed by atoms with Gasteiger partial charge in [0.1, 0.15) is 11.6 Å². The Morgan fingerprint density at radius 1 is 1.06 bits per heavy atom. The van der Waals surface area contributed by atoms with Crippen molar-refractivity contribution in [2.24, 2.45) is 11.8 Å². The number of methoxy groups -OCH3 is 1. The Labute approximate surface area is 210 Å². The molecule has 4 saturated carbocycles. The zero-order chi connectivity index (χ0) is 25.2. The molecule has 2 atom stereocenters. The molecule has 1 aromatic carbocycles. The van der Waals surface area contributed by atoms with Gasteiger partial charge in [0, 0.05) is 43.0 Å². The van der Waals surface area contributed by atoms with Crippen molar-refractivity contribution >= 4 is 17.8 Å². The van der Waals surface area contributed by atoms with Crippen LogP contribution in [-0.2, 0) is 4.74 Å². The van der Waals surface area contributed by atoms with E-state index < -0.39 is 23.0 Å². The number of amides is 2. The van der Waals surface area contributed by atoms with Gasteiger partial charge in [0.05, 0.1) is 0 Å². The van der Waals surface area contributed by atoms with Crippen molar-refractivity contribution in [1.29, 1.82) is 0 Å². The summed E-state index contributed by atoms with van der Waals surface area (Å²) in [6.07, 6.45) is 5.53. The van der Waals surface area contributed by atoms with E-state index in [1.807, 2.05) is 6.07 Å². The highest BCUT2D eigenvalue weighted by Gasteiger charge is 2.59. The summed E-state index contributed by atoms with van der Waals surface area (Å²) in [7, 11) is 1.66. The molecule has 8 nitrogen and oxygen atoms in total. The van der Waals surface area contributed by atoms with Gasteiger partial charge in [-0.3, -0.25) is 4.79 Å². The van der Waals surface area contributed by atoms with Crippen molar-refractivity contribution in [3.05, 3.63) is 53.8 Å². The summed E-state index contributed by atoms with van der Waals surface area (Å²) in [5.41, 5.74) is -0.536. The van der Waals surface area contributed by atoms with Crippen LogP contribution >= 0.6 is 0 Å².